The first-order valence-electron chi connectivity index (χ1n) is 5.60. The standard InChI is InChI=1S/C11H19N3O.2ClH/c1-8-7-10(13-14(8)2)11(15)9-5-3-4-6-12-9;;/h7,9,11-12,15H,3-6H2,1-2H3;2*1H. The van der Waals surface area contributed by atoms with Crippen molar-refractivity contribution in [1.82, 2.24) is 15.1 Å². The third-order valence-corrected chi connectivity index (χ3v) is 3.17. The van der Waals surface area contributed by atoms with E-state index in [1.165, 1.54) is 12.8 Å². The molecule has 1 fully saturated rings. The van der Waals surface area contributed by atoms with Gasteiger partial charge in [0.15, 0.2) is 0 Å². The third-order valence-electron chi connectivity index (χ3n) is 3.17. The number of hydrogen-bond donors (Lipinski definition) is 2. The van der Waals surface area contributed by atoms with E-state index in [-0.39, 0.29) is 30.9 Å². The molecule has 0 bridgehead atoms. The molecule has 1 saturated heterocycles. The molecule has 0 aromatic carbocycles. The van der Waals surface area contributed by atoms with Gasteiger partial charge in [-0.2, -0.15) is 5.10 Å². The zero-order valence-electron chi connectivity index (χ0n) is 10.2. The Balaban J connectivity index is 0.00000128. The molecule has 1 aliphatic rings. The molecule has 0 amide bonds. The highest BCUT2D eigenvalue weighted by molar-refractivity contribution is 5.85. The summed E-state index contributed by atoms with van der Waals surface area (Å²) >= 11 is 0. The molecular weight excluding hydrogens is 261 g/mol. The second kappa shape index (κ2) is 7.21. The zero-order chi connectivity index (χ0) is 10.8. The van der Waals surface area contributed by atoms with Gasteiger partial charge in [-0.1, -0.05) is 6.42 Å². The lowest BCUT2D eigenvalue weighted by Gasteiger charge is -2.26. The number of aliphatic hydroxyl groups excluding tert-OH is 1. The van der Waals surface area contributed by atoms with Crippen LogP contribution in [0.5, 0.6) is 0 Å². The Bertz CT molecular complexity index is 318. The first-order valence-corrected chi connectivity index (χ1v) is 5.60. The Morgan fingerprint density at radius 2 is 2.18 bits per heavy atom. The number of aryl methyl sites for hydroxylation is 2. The van der Waals surface area contributed by atoms with Crippen molar-refractivity contribution in [2.45, 2.75) is 38.3 Å². The maximum atomic E-state index is 10.1. The van der Waals surface area contributed by atoms with Crippen molar-refractivity contribution in [3.05, 3.63) is 17.5 Å². The highest BCUT2D eigenvalue weighted by Gasteiger charge is 2.24. The summed E-state index contributed by atoms with van der Waals surface area (Å²) in [4.78, 5) is 0. The molecule has 0 saturated carbocycles. The molecule has 1 aromatic heterocycles. The van der Waals surface area contributed by atoms with E-state index in [4.69, 9.17) is 0 Å². The van der Waals surface area contributed by atoms with Crippen LogP contribution in [0, 0.1) is 6.92 Å². The highest BCUT2D eigenvalue weighted by atomic mass is 35.5. The van der Waals surface area contributed by atoms with E-state index in [1.54, 1.807) is 4.68 Å². The van der Waals surface area contributed by atoms with Gasteiger partial charge in [-0.25, -0.2) is 0 Å². The van der Waals surface area contributed by atoms with Crippen LogP contribution in [-0.4, -0.2) is 27.5 Å². The highest BCUT2D eigenvalue weighted by Crippen LogP contribution is 2.22. The van der Waals surface area contributed by atoms with Gasteiger partial charge in [0.05, 0.1) is 5.69 Å². The van der Waals surface area contributed by atoms with Gasteiger partial charge in [-0.3, -0.25) is 4.68 Å². The van der Waals surface area contributed by atoms with Crippen LogP contribution in [0.1, 0.15) is 36.8 Å². The smallest absolute Gasteiger partial charge is 0.113 e. The summed E-state index contributed by atoms with van der Waals surface area (Å²) in [5.41, 5.74) is 1.87. The maximum Gasteiger partial charge on any atom is 0.113 e. The molecule has 0 spiro atoms. The lowest BCUT2D eigenvalue weighted by molar-refractivity contribution is 0.109. The van der Waals surface area contributed by atoms with Crippen LogP contribution in [0.4, 0.5) is 0 Å². The summed E-state index contributed by atoms with van der Waals surface area (Å²) in [5.74, 6) is 0. The SMILES string of the molecule is Cc1cc(C(O)C2CCCCN2)nn1C.Cl.Cl. The Labute approximate surface area is 115 Å². The number of nitrogens with zero attached hydrogens (tertiary/aromatic N) is 2. The van der Waals surface area contributed by atoms with E-state index in [2.05, 4.69) is 10.4 Å². The number of halogens is 2. The number of rotatable bonds is 2. The summed E-state index contributed by atoms with van der Waals surface area (Å²) in [6.45, 7) is 3.01. The van der Waals surface area contributed by atoms with Crippen LogP contribution < -0.4 is 5.32 Å². The minimum absolute atomic E-state index is 0. The van der Waals surface area contributed by atoms with Gasteiger partial charge < -0.3 is 10.4 Å². The van der Waals surface area contributed by atoms with Crippen LogP contribution in [0.3, 0.4) is 0 Å². The summed E-state index contributed by atoms with van der Waals surface area (Å²) in [5, 5.41) is 17.8. The molecule has 100 valence electrons. The Morgan fingerprint density at radius 3 is 2.65 bits per heavy atom. The topological polar surface area (TPSA) is 50.1 Å². The molecule has 2 atom stereocenters. The molecule has 6 heteroatoms. The number of hydrogen-bond acceptors (Lipinski definition) is 3. The van der Waals surface area contributed by atoms with Gasteiger partial charge in [-0.05, 0) is 32.4 Å². The summed E-state index contributed by atoms with van der Waals surface area (Å²) in [7, 11) is 1.90. The second-order valence-electron chi connectivity index (χ2n) is 4.34. The normalized spacial score (nSPS) is 21.2. The Morgan fingerprint density at radius 1 is 1.47 bits per heavy atom. The fraction of sp³-hybridized carbons (Fsp3) is 0.727. The van der Waals surface area contributed by atoms with Gasteiger partial charge in [0.25, 0.3) is 0 Å². The van der Waals surface area contributed by atoms with Gasteiger partial charge in [0.1, 0.15) is 6.10 Å². The number of aliphatic hydroxyl groups is 1. The molecular formula is C11H21Cl2N3O. The van der Waals surface area contributed by atoms with Crippen molar-refractivity contribution in [1.29, 1.82) is 0 Å². The van der Waals surface area contributed by atoms with Crippen molar-refractivity contribution < 1.29 is 5.11 Å². The molecule has 17 heavy (non-hydrogen) atoms. The molecule has 1 aliphatic heterocycles. The molecule has 0 radical (unpaired) electrons. The van der Waals surface area contributed by atoms with E-state index in [1.807, 2.05) is 20.0 Å². The number of piperidine rings is 1. The van der Waals surface area contributed by atoms with E-state index in [0.717, 1.165) is 24.4 Å². The molecule has 2 unspecified atom stereocenters. The fourth-order valence-electron chi connectivity index (χ4n) is 2.09. The van der Waals surface area contributed by atoms with E-state index in [0.29, 0.717) is 0 Å². The molecule has 1 aromatic rings. The van der Waals surface area contributed by atoms with Crippen LogP contribution in [-0.2, 0) is 7.05 Å². The largest absolute Gasteiger partial charge is 0.385 e. The quantitative estimate of drug-likeness (QED) is 0.869. The molecule has 2 N–H and O–H groups in total. The first-order chi connectivity index (χ1) is 7.18. The van der Waals surface area contributed by atoms with Crippen molar-refractivity contribution >= 4 is 24.8 Å². The first kappa shape index (κ1) is 16.7. The van der Waals surface area contributed by atoms with Gasteiger partial charge in [0.2, 0.25) is 0 Å². The Kier molecular flexibility index (Phi) is 7.09. The van der Waals surface area contributed by atoms with Gasteiger partial charge in [-0.15, -0.1) is 24.8 Å². The van der Waals surface area contributed by atoms with Crippen molar-refractivity contribution in [3.8, 4) is 0 Å². The maximum absolute atomic E-state index is 10.1. The van der Waals surface area contributed by atoms with Crippen LogP contribution in [0.15, 0.2) is 6.07 Å². The van der Waals surface area contributed by atoms with Crippen molar-refractivity contribution in [2.75, 3.05) is 6.54 Å². The average Bonchev–Trinajstić information content (AvgIpc) is 2.59. The summed E-state index contributed by atoms with van der Waals surface area (Å²) < 4.78 is 1.81. The molecule has 0 aliphatic carbocycles. The second-order valence-corrected chi connectivity index (χ2v) is 4.34. The minimum Gasteiger partial charge on any atom is -0.385 e. The van der Waals surface area contributed by atoms with Crippen LogP contribution >= 0.6 is 24.8 Å². The van der Waals surface area contributed by atoms with E-state index < -0.39 is 6.10 Å². The van der Waals surface area contributed by atoms with Crippen molar-refractivity contribution in [3.63, 3.8) is 0 Å². The summed E-state index contributed by atoms with van der Waals surface area (Å²) in [6.07, 6.45) is 2.98. The average molecular weight is 282 g/mol. The van der Waals surface area contributed by atoms with Gasteiger partial charge >= 0.3 is 0 Å². The molecule has 2 rings (SSSR count). The lowest BCUT2D eigenvalue weighted by Crippen LogP contribution is -2.38. The summed E-state index contributed by atoms with van der Waals surface area (Å²) in [6, 6.07) is 2.13. The number of aromatic nitrogens is 2. The predicted octanol–water partition coefficient (Wildman–Crippen LogP) is 1.75. The fourth-order valence-corrected chi connectivity index (χ4v) is 2.09. The van der Waals surface area contributed by atoms with Gasteiger partial charge in [0, 0.05) is 18.8 Å². The predicted molar refractivity (Wildman–Crippen MR) is 73.0 cm³/mol. The van der Waals surface area contributed by atoms with E-state index >= 15 is 0 Å². The lowest BCUT2D eigenvalue weighted by atomic mass is 9.98. The number of nitrogens with one attached hydrogen (secondary N) is 1. The van der Waals surface area contributed by atoms with Crippen molar-refractivity contribution in [2.24, 2.45) is 7.05 Å². The monoisotopic (exact) mass is 281 g/mol. The minimum atomic E-state index is -0.467. The zero-order valence-corrected chi connectivity index (χ0v) is 11.9. The molecule has 4 nitrogen and oxygen atoms in total. The third kappa shape index (κ3) is 3.85. The van der Waals surface area contributed by atoms with Crippen LogP contribution in [0.2, 0.25) is 0 Å². The van der Waals surface area contributed by atoms with E-state index in [9.17, 15) is 5.11 Å². The van der Waals surface area contributed by atoms with Crippen LogP contribution in [0.25, 0.3) is 0 Å². The Hall–Kier alpha value is -0.290. The molecule has 2 heterocycles.